The Kier molecular flexibility index (Phi) is 8.18. The van der Waals surface area contributed by atoms with Crippen molar-refractivity contribution in [3.63, 3.8) is 0 Å². The molecule has 1 aromatic heterocycles. The van der Waals surface area contributed by atoms with E-state index in [0.717, 1.165) is 16.2 Å². The van der Waals surface area contributed by atoms with Gasteiger partial charge in [0.15, 0.2) is 0 Å². The SMILES string of the molecule is O=C(O)CCNC(=O)C1Cc2ncn(Cc3ccc([N+](=O)[O-])cc3)c2CN1C(=O)CSc1ccccc1. The molecule has 0 bridgehead atoms. The van der Waals surface area contributed by atoms with E-state index in [0.29, 0.717) is 12.2 Å². The van der Waals surface area contributed by atoms with Crippen LogP contribution in [0.1, 0.15) is 23.4 Å². The standard InChI is InChI=1S/C25H25N5O6S/c31-23(15-37-19-4-2-1-3-5-19)29-14-22-20(12-21(29)25(34)26-11-10-24(32)33)27-16-28(22)13-17-6-8-18(9-7-17)30(35)36/h1-9,16,21H,10-15H2,(H,26,34)(H,32,33). The van der Waals surface area contributed by atoms with E-state index in [4.69, 9.17) is 5.11 Å². The Balaban J connectivity index is 1.53. The summed E-state index contributed by atoms with van der Waals surface area (Å²) in [5, 5.41) is 22.4. The highest BCUT2D eigenvalue weighted by molar-refractivity contribution is 8.00. The van der Waals surface area contributed by atoms with Crippen LogP contribution in [0.15, 0.2) is 65.8 Å². The van der Waals surface area contributed by atoms with Crippen LogP contribution in [0.5, 0.6) is 0 Å². The first-order valence-electron chi connectivity index (χ1n) is 11.5. The van der Waals surface area contributed by atoms with Gasteiger partial charge in [0.1, 0.15) is 6.04 Å². The maximum absolute atomic E-state index is 13.3. The Morgan fingerprint density at radius 3 is 2.54 bits per heavy atom. The van der Waals surface area contributed by atoms with Gasteiger partial charge in [-0.25, -0.2) is 4.98 Å². The third-order valence-corrected chi connectivity index (χ3v) is 6.98. The van der Waals surface area contributed by atoms with Gasteiger partial charge in [0.05, 0.1) is 41.4 Å². The molecule has 2 heterocycles. The van der Waals surface area contributed by atoms with Crippen LogP contribution in [-0.2, 0) is 33.9 Å². The molecule has 1 atom stereocenters. The number of aliphatic carboxylic acids is 1. The van der Waals surface area contributed by atoms with Gasteiger partial charge in [0, 0.05) is 36.5 Å². The topological polar surface area (TPSA) is 148 Å². The first-order valence-corrected chi connectivity index (χ1v) is 12.5. The van der Waals surface area contributed by atoms with Gasteiger partial charge < -0.3 is 19.9 Å². The minimum Gasteiger partial charge on any atom is -0.481 e. The van der Waals surface area contributed by atoms with E-state index in [-0.39, 0.29) is 43.3 Å². The molecule has 2 N–H and O–H groups in total. The van der Waals surface area contributed by atoms with Crippen molar-refractivity contribution < 1.29 is 24.4 Å². The zero-order valence-electron chi connectivity index (χ0n) is 19.8. The predicted molar refractivity (Wildman–Crippen MR) is 135 cm³/mol. The third-order valence-electron chi connectivity index (χ3n) is 5.98. The largest absolute Gasteiger partial charge is 0.481 e. The van der Waals surface area contributed by atoms with Crippen molar-refractivity contribution in [3.8, 4) is 0 Å². The molecular weight excluding hydrogens is 498 g/mol. The number of nitrogens with one attached hydrogen (secondary N) is 1. The Morgan fingerprint density at radius 1 is 1.14 bits per heavy atom. The average Bonchev–Trinajstić information content (AvgIpc) is 3.28. The van der Waals surface area contributed by atoms with Crippen LogP contribution in [-0.4, -0.2) is 60.6 Å². The van der Waals surface area contributed by atoms with Crippen molar-refractivity contribution in [1.82, 2.24) is 19.8 Å². The number of non-ortho nitro benzene ring substituents is 1. The molecule has 0 aliphatic carbocycles. The number of nitro groups is 1. The number of thioether (sulfide) groups is 1. The summed E-state index contributed by atoms with van der Waals surface area (Å²) in [5.41, 5.74) is 2.30. The van der Waals surface area contributed by atoms with Gasteiger partial charge in [-0.15, -0.1) is 11.8 Å². The van der Waals surface area contributed by atoms with Gasteiger partial charge in [-0.2, -0.15) is 0 Å². The summed E-state index contributed by atoms with van der Waals surface area (Å²) < 4.78 is 1.87. The van der Waals surface area contributed by atoms with E-state index < -0.39 is 22.8 Å². The van der Waals surface area contributed by atoms with Gasteiger partial charge in [-0.05, 0) is 17.7 Å². The smallest absolute Gasteiger partial charge is 0.305 e. The second-order valence-electron chi connectivity index (χ2n) is 8.47. The zero-order valence-corrected chi connectivity index (χ0v) is 20.6. The molecule has 2 aromatic carbocycles. The van der Waals surface area contributed by atoms with E-state index >= 15 is 0 Å². The molecule has 37 heavy (non-hydrogen) atoms. The number of fused-ring (bicyclic) bond motifs is 1. The number of hydrogen-bond donors (Lipinski definition) is 2. The van der Waals surface area contributed by atoms with Crippen LogP contribution in [0.25, 0.3) is 0 Å². The number of aromatic nitrogens is 2. The van der Waals surface area contributed by atoms with E-state index in [2.05, 4.69) is 10.3 Å². The Labute approximate surface area is 216 Å². The molecule has 1 aliphatic rings. The van der Waals surface area contributed by atoms with Crippen molar-refractivity contribution >= 4 is 35.2 Å². The second-order valence-corrected chi connectivity index (χ2v) is 9.52. The lowest BCUT2D eigenvalue weighted by Crippen LogP contribution is -2.53. The lowest BCUT2D eigenvalue weighted by Gasteiger charge is -2.35. The van der Waals surface area contributed by atoms with Crippen molar-refractivity contribution in [3.05, 3.63) is 88.0 Å². The van der Waals surface area contributed by atoms with Gasteiger partial charge in [0.2, 0.25) is 11.8 Å². The number of carboxylic acids is 1. The first kappa shape index (κ1) is 25.9. The highest BCUT2D eigenvalue weighted by Crippen LogP contribution is 2.26. The monoisotopic (exact) mass is 523 g/mol. The summed E-state index contributed by atoms with van der Waals surface area (Å²) in [4.78, 5) is 54.5. The molecule has 2 amide bonds. The van der Waals surface area contributed by atoms with Crippen molar-refractivity contribution in [1.29, 1.82) is 0 Å². The summed E-state index contributed by atoms with van der Waals surface area (Å²) in [7, 11) is 0. The first-order chi connectivity index (χ1) is 17.8. The van der Waals surface area contributed by atoms with Crippen LogP contribution in [0.3, 0.4) is 0 Å². The molecule has 3 aromatic rings. The van der Waals surface area contributed by atoms with Crippen molar-refractivity contribution in [2.45, 2.75) is 36.9 Å². The van der Waals surface area contributed by atoms with Crippen LogP contribution >= 0.6 is 11.8 Å². The Hall–Kier alpha value is -4.19. The molecule has 0 fully saturated rings. The van der Waals surface area contributed by atoms with Gasteiger partial charge >= 0.3 is 5.97 Å². The predicted octanol–water partition coefficient (Wildman–Crippen LogP) is 2.48. The second kappa shape index (κ2) is 11.7. The summed E-state index contributed by atoms with van der Waals surface area (Å²) in [6, 6.07) is 14.9. The quantitative estimate of drug-likeness (QED) is 0.234. The fourth-order valence-electron chi connectivity index (χ4n) is 4.07. The third kappa shape index (κ3) is 6.53. The number of hydrogen-bond acceptors (Lipinski definition) is 7. The minimum atomic E-state index is -1.02. The number of nitro benzene ring substituents is 1. The number of nitrogens with zero attached hydrogens (tertiary/aromatic N) is 4. The van der Waals surface area contributed by atoms with Gasteiger partial charge in [-0.1, -0.05) is 30.3 Å². The van der Waals surface area contributed by atoms with Crippen LogP contribution in [0.2, 0.25) is 0 Å². The number of benzene rings is 2. The molecule has 4 rings (SSSR count). The van der Waals surface area contributed by atoms with Gasteiger partial charge in [0.25, 0.3) is 5.69 Å². The lowest BCUT2D eigenvalue weighted by molar-refractivity contribution is -0.384. The molecule has 0 saturated heterocycles. The van der Waals surface area contributed by atoms with Crippen LogP contribution in [0, 0.1) is 10.1 Å². The molecular formula is C25H25N5O6S. The zero-order chi connectivity index (χ0) is 26.4. The molecule has 192 valence electrons. The average molecular weight is 524 g/mol. The molecule has 12 heteroatoms. The number of carbonyl (C=O) groups is 3. The fraction of sp³-hybridized carbons (Fsp3) is 0.280. The fourth-order valence-corrected chi connectivity index (χ4v) is 4.88. The lowest BCUT2D eigenvalue weighted by atomic mass is 10.0. The maximum Gasteiger partial charge on any atom is 0.305 e. The summed E-state index contributed by atoms with van der Waals surface area (Å²) in [6.45, 7) is 0.525. The van der Waals surface area contributed by atoms with Gasteiger partial charge in [-0.3, -0.25) is 24.5 Å². The van der Waals surface area contributed by atoms with Crippen LogP contribution in [0.4, 0.5) is 5.69 Å². The summed E-state index contributed by atoms with van der Waals surface area (Å²) in [5.74, 6) is -1.53. The molecule has 1 aliphatic heterocycles. The van der Waals surface area contributed by atoms with E-state index in [1.807, 2.05) is 34.9 Å². The van der Waals surface area contributed by atoms with E-state index in [9.17, 15) is 24.5 Å². The van der Waals surface area contributed by atoms with Crippen LogP contribution < -0.4 is 5.32 Å². The van der Waals surface area contributed by atoms with Crippen molar-refractivity contribution in [2.24, 2.45) is 0 Å². The Morgan fingerprint density at radius 2 is 1.86 bits per heavy atom. The number of carboxylic acid groups (broad SMARTS) is 1. The highest BCUT2D eigenvalue weighted by Gasteiger charge is 2.36. The molecule has 0 spiro atoms. The minimum absolute atomic E-state index is 0.000787. The number of imidazole rings is 1. The molecule has 11 nitrogen and oxygen atoms in total. The number of amides is 2. The van der Waals surface area contributed by atoms with E-state index in [1.54, 1.807) is 18.5 Å². The summed E-state index contributed by atoms with van der Waals surface area (Å²) in [6.07, 6.45) is 1.62. The van der Waals surface area contributed by atoms with Crippen molar-refractivity contribution in [2.75, 3.05) is 12.3 Å². The Bertz CT molecular complexity index is 1290. The molecule has 0 radical (unpaired) electrons. The number of carbonyl (C=O) groups excluding carboxylic acids is 2. The molecule has 0 saturated carbocycles. The van der Waals surface area contributed by atoms with E-state index in [1.165, 1.54) is 28.8 Å². The molecule has 1 unspecified atom stereocenters. The highest BCUT2D eigenvalue weighted by atomic mass is 32.2. The normalized spacial score (nSPS) is 14.6. The number of rotatable bonds is 10. The summed E-state index contributed by atoms with van der Waals surface area (Å²) >= 11 is 1.37. The maximum atomic E-state index is 13.3.